The Morgan fingerprint density at radius 2 is 1.00 bits per heavy atom. The van der Waals surface area contributed by atoms with Gasteiger partial charge in [-0.25, -0.2) is 0 Å². The average Bonchev–Trinajstić information content (AvgIpc) is 3.33. The molecule has 0 aromatic carbocycles. The lowest BCUT2D eigenvalue weighted by Gasteiger charge is -2.46. The van der Waals surface area contributed by atoms with Crippen molar-refractivity contribution in [2.45, 2.75) is 181 Å². The Hall–Kier alpha value is -2.96. The van der Waals surface area contributed by atoms with Crippen molar-refractivity contribution in [1.29, 1.82) is 0 Å². The molecule has 70 heavy (non-hydrogen) atoms. The van der Waals surface area contributed by atoms with Crippen LogP contribution in [-0.4, -0.2) is 272 Å². The highest BCUT2D eigenvalue weighted by molar-refractivity contribution is 5.88. The van der Waals surface area contributed by atoms with Gasteiger partial charge in [0.1, 0.15) is 97.6 Å². The van der Waals surface area contributed by atoms with Crippen molar-refractivity contribution in [3.05, 3.63) is 0 Å². The molecule has 21 atom stereocenters. The number of hydrogen-bond donors (Lipinski definition) is 17. The molecule has 4 fully saturated rings. The molecular weight excluding hydrogens is 948 g/mol. The Kier molecular flexibility index (Phi) is 24.7. The van der Waals surface area contributed by atoms with Crippen LogP contribution in [0.25, 0.3) is 0 Å². The minimum atomic E-state index is -1.98. The van der Waals surface area contributed by atoms with Crippen molar-refractivity contribution < 1.29 is 123 Å². The molecule has 17 N–H and O–H groups in total. The fraction of sp³-hybridized carbons (Fsp3) is 0.902. The zero-order valence-corrected chi connectivity index (χ0v) is 38.7. The van der Waals surface area contributed by atoms with Gasteiger partial charge in [0.15, 0.2) is 25.2 Å². The second kappa shape index (κ2) is 29.1. The number of carbonyl (C=O) groups excluding carboxylic acids is 4. The van der Waals surface area contributed by atoms with Gasteiger partial charge in [0.2, 0.25) is 23.6 Å². The van der Waals surface area contributed by atoms with Crippen LogP contribution in [0, 0.1) is 0 Å². The topological polar surface area (TPSA) is 453 Å². The number of ether oxygens (including phenoxy) is 8. The van der Waals surface area contributed by atoms with Crippen molar-refractivity contribution in [2.24, 2.45) is 0 Å². The second-order valence-electron chi connectivity index (χ2n) is 17.2. The van der Waals surface area contributed by atoms with Gasteiger partial charge in [-0.05, 0) is 33.1 Å². The molecule has 0 aromatic heterocycles. The van der Waals surface area contributed by atoms with Gasteiger partial charge in [-0.1, -0.05) is 0 Å². The SMILES string of the molecule is CCNC(=O)CCCCC(=O)NC(CCC(=O)NCCO[C@@H]1O[C@@H](C)[C@@H](O)[C@@H](O)[C@@H]1O)C(=O)NCCOC1O[C@H](CO[C@H]2O[C@H](CO)[C@@H](O)[C@H](O)[C@@H]2O)[C@@H](O)[C@H](O[C@H]2O[C@H](CO)[C@@H](O)[C@H](O)[C@@H]2O)[C@@H]1O. The van der Waals surface area contributed by atoms with Crippen molar-refractivity contribution in [3.8, 4) is 0 Å². The molecule has 2 unspecified atom stereocenters. The van der Waals surface area contributed by atoms with Crippen LogP contribution in [0.2, 0.25) is 0 Å². The lowest BCUT2D eigenvalue weighted by atomic mass is 9.96. The van der Waals surface area contributed by atoms with E-state index in [1.165, 1.54) is 6.92 Å². The zero-order chi connectivity index (χ0) is 51.8. The van der Waals surface area contributed by atoms with Gasteiger partial charge in [0.05, 0.1) is 39.1 Å². The first-order chi connectivity index (χ1) is 33.2. The molecule has 0 saturated carbocycles. The maximum absolute atomic E-state index is 13.5. The van der Waals surface area contributed by atoms with Crippen LogP contribution in [0.15, 0.2) is 0 Å². The summed E-state index contributed by atoms with van der Waals surface area (Å²) in [4.78, 5) is 51.1. The molecule has 4 saturated heterocycles. The first kappa shape index (κ1) is 59.6. The van der Waals surface area contributed by atoms with Crippen molar-refractivity contribution in [3.63, 3.8) is 0 Å². The summed E-state index contributed by atoms with van der Waals surface area (Å²) in [5.74, 6) is -2.09. The lowest BCUT2D eigenvalue weighted by molar-refractivity contribution is -0.366. The number of aliphatic hydroxyl groups is 13. The summed E-state index contributed by atoms with van der Waals surface area (Å²) < 4.78 is 44.2. The van der Waals surface area contributed by atoms with E-state index < -0.39 is 173 Å². The number of hydrogen-bond acceptors (Lipinski definition) is 25. The Bertz CT molecular complexity index is 1610. The van der Waals surface area contributed by atoms with Crippen LogP contribution in [-0.2, 0) is 57.1 Å². The molecular formula is C41H72N4O25. The van der Waals surface area contributed by atoms with Crippen molar-refractivity contribution in [1.82, 2.24) is 21.3 Å². The molecule has 0 radical (unpaired) electrons. The van der Waals surface area contributed by atoms with Gasteiger partial charge >= 0.3 is 0 Å². The number of unbranched alkanes of at least 4 members (excludes halogenated alkanes) is 1. The Morgan fingerprint density at radius 1 is 0.514 bits per heavy atom. The number of amides is 4. The standard InChI is InChI=1S/C41H72N4O25/c1-3-42-22(48)6-4-5-7-24(50)45-18(8-9-23(49)43-10-12-63-38-32(58)29(55)25(51)17(2)66-38)37(62)44-11-13-64-40-35(61)36(70-41-34(60)31(57)27(53)20(15-47)68-41)28(54)21(69-40)16-65-39-33(59)30(56)26(52)19(14-46)67-39/h17-21,25-36,38-41,46-47,51-61H,3-16H2,1-2H3,(H,42,48)(H,43,49)(H,44,62)(H,45,50)/t17-,18?,19+,20+,21+,25+,26+,27+,28+,29+,30-,31-,32-,33-,34-,35-,36-,38+,39-,40?,41+/m0/s1. The van der Waals surface area contributed by atoms with E-state index >= 15 is 0 Å². The third kappa shape index (κ3) is 16.5. The van der Waals surface area contributed by atoms with Crippen molar-refractivity contribution >= 4 is 23.6 Å². The molecule has 29 nitrogen and oxygen atoms in total. The van der Waals surface area contributed by atoms with E-state index in [1.54, 1.807) is 6.92 Å². The third-order valence-electron chi connectivity index (χ3n) is 12.0. The minimum absolute atomic E-state index is 0.0638. The summed E-state index contributed by atoms with van der Waals surface area (Å²) in [5, 5.41) is 144. The normalized spacial score (nSPS) is 38.3. The fourth-order valence-corrected chi connectivity index (χ4v) is 7.81. The van der Waals surface area contributed by atoms with Gasteiger partial charge in [0.25, 0.3) is 0 Å². The molecule has 4 aliphatic heterocycles. The molecule has 0 spiro atoms. The maximum Gasteiger partial charge on any atom is 0.242 e. The van der Waals surface area contributed by atoms with Crippen LogP contribution in [0.3, 0.4) is 0 Å². The highest BCUT2D eigenvalue weighted by Crippen LogP contribution is 2.31. The quantitative estimate of drug-likeness (QED) is 0.0358. The monoisotopic (exact) mass is 1020 g/mol. The van der Waals surface area contributed by atoms with Crippen LogP contribution < -0.4 is 21.3 Å². The third-order valence-corrected chi connectivity index (χ3v) is 12.0. The van der Waals surface area contributed by atoms with E-state index in [4.69, 9.17) is 37.9 Å². The highest BCUT2D eigenvalue weighted by atomic mass is 16.8. The minimum Gasteiger partial charge on any atom is -0.394 e. The highest BCUT2D eigenvalue weighted by Gasteiger charge is 2.52. The molecule has 0 aliphatic carbocycles. The van der Waals surface area contributed by atoms with E-state index in [2.05, 4.69) is 21.3 Å². The van der Waals surface area contributed by atoms with E-state index in [9.17, 15) is 85.6 Å². The summed E-state index contributed by atoms with van der Waals surface area (Å²) >= 11 is 0. The summed E-state index contributed by atoms with van der Waals surface area (Å²) in [7, 11) is 0. The first-order valence-corrected chi connectivity index (χ1v) is 23.2. The lowest BCUT2D eigenvalue weighted by Crippen LogP contribution is -2.65. The first-order valence-electron chi connectivity index (χ1n) is 23.2. The van der Waals surface area contributed by atoms with Gasteiger partial charge in [0, 0.05) is 38.9 Å². The Balaban J connectivity index is 1.38. The number of rotatable bonds is 26. The van der Waals surface area contributed by atoms with Gasteiger partial charge in [-0.15, -0.1) is 0 Å². The van der Waals surface area contributed by atoms with Gasteiger partial charge in [-0.3, -0.25) is 19.2 Å². The smallest absolute Gasteiger partial charge is 0.242 e. The summed E-state index contributed by atoms with van der Waals surface area (Å²) in [6.07, 6.45) is -32.8. The largest absolute Gasteiger partial charge is 0.394 e. The molecule has 4 aliphatic rings. The zero-order valence-electron chi connectivity index (χ0n) is 38.7. The van der Waals surface area contributed by atoms with Gasteiger partial charge in [-0.2, -0.15) is 0 Å². The van der Waals surface area contributed by atoms with Crippen LogP contribution in [0.4, 0.5) is 0 Å². The summed E-state index contributed by atoms with van der Waals surface area (Å²) in [5.41, 5.74) is 0. The Morgan fingerprint density at radius 3 is 1.59 bits per heavy atom. The Labute approximate surface area is 401 Å². The van der Waals surface area contributed by atoms with Crippen LogP contribution in [0.5, 0.6) is 0 Å². The average molecular weight is 1020 g/mol. The summed E-state index contributed by atoms with van der Waals surface area (Å²) in [6.45, 7) is 0.274. The predicted molar refractivity (Wildman–Crippen MR) is 228 cm³/mol. The fourth-order valence-electron chi connectivity index (χ4n) is 7.81. The van der Waals surface area contributed by atoms with Crippen LogP contribution in [0.1, 0.15) is 52.4 Å². The molecule has 4 rings (SSSR count). The maximum atomic E-state index is 13.5. The van der Waals surface area contributed by atoms with E-state index in [0.29, 0.717) is 19.4 Å². The number of nitrogens with one attached hydrogen (secondary N) is 4. The molecule has 0 bridgehead atoms. The second-order valence-corrected chi connectivity index (χ2v) is 17.2. The molecule has 406 valence electrons. The van der Waals surface area contributed by atoms with Crippen LogP contribution >= 0.6 is 0 Å². The number of carbonyl (C=O) groups is 4. The molecule has 4 amide bonds. The predicted octanol–water partition coefficient (Wildman–Crippen LogP) is -9.51. The van der Waals surface area contributed by atoms with Gasteiger partial charge < -0.3 is 126 Å². The van der Waals surface area contributed by atoms with E-state index in [0.717, 1.165) is 0 Å². The van der Waals surface area contributed by atoms with E-state index in [1.807, 2.05) is 0 Å². The molecule has 4 heterocycles. The summed E-state index contributed by atoms with van der Waals surface area (Å²) in [6, 6.07) is -1.29. The van der Waals surface area contributed by atoms with Crippen molar-refractivity contribution in [2.75, 3.05) is 52.7 Å². The number of aliphatic hydroxyl groups excluding tert-OH is 13. The molecule has 0 aromatic rings. The van der Waals surface area contributed by atoms with E-state index in [-0.39, 0.29) is 51.3 Å². The molecule has 29 heteroatoms.